The quantitative estimate of drug-likeness (QED) is 0.459. The Bertz CT molecular complexity index is 972. The third-order valence-electron chi connectivity index (χ3n) is 4.69. The molecule has 0 saturated heterocycles. The lowest BCUT2D eigenvalue weighted by Gasteiger charge is -2.35. The second kappa shape index (κ2) is 8.87. The molecule has 3 rings (SSSR count). The van der Waals surface area contributed by atoms with Crippen LogP contribution >= 0.6 is 12.2 Å². The Morgan fingerprint density at radius 1 is 1.07 bits per heavy atom. The van der Waals surface area contributed by atoms with Gasteiger partial charge >= 0.3 is 11.9 Å². The average molecular weight is 410 g/mol. The smallest absolute Gasteiger partial charge is 0.343 e. The minimum absolute atomic E-state index is 0.251. The molecule has 0 saturated carbocycles. The molecule has 7 heteroatoms. The average Bonchev–Trinajstić information content (AvgIpc) is 2.73. The molecule has 1 atom stereocenters. The Balaban J connectivity index is 2.02. The van der Waals surface area contributed by atoms with Crippen LogP contribution in [0.15, 0.2) is 65.9 Å². The maximum atomic E-state index is 12.7. The number of thiocarbonyl (C=S) groups is 1. The van der Waals surface area contributed by atoms with Gasteiger partial charge in [-0.05, 0) is 44.3 Å². The zero-order valence-electron chi connectivity index (χ0n) is 16.5. The number of esters is 2. The van der Waals surface area contributed by atoms with Crippen LogP contribution in [-0.2, 0) is 9.53 Å². The molecule has 0 bridgehead atoms. The summed E-state index contributed by atoms with van der Waals surface area (Å²) in [6.45, 7) is 3.81. The van der Waals surface area contributed by atoms with Crippen LogP contribution in [0.2, 0.25) is 0 Å². The highest BCUT2D eigenvalue weighted by molar-refractivity contribution is 7.80. The first kappa shape index (κ1) is 20.5. The van der Waals surface area contributed by atoms with Crippen molar-refractivity contribution in [1.82, 2.24) is 10.2 Å². The van der Waals surface area contributed by atoms with Crippen LogP contribution in [0.1, 0.15) is 35.8 Å². The van der Waals surface area contributed by atoms with Gasteiger partial charge in [-0.2, -0.15) is 0 Å². The molecule has 1 N–H and O–H groups in total. The summed E-state index contributed by atoms with van der Waals surface area (Å²) in [7, 11) is 1.78. The molecule has 1 aliphatic heterocycles. The van der Waals surface area contributed by atoms with Crippen molar-refractivity contribution in [3.63, 3.8) is 0 Å². The van der Waals surface area contributed by atoms with Crippen LogP contribution in [-0.4, -0.2) is 35.6 Å². The lowest BCUT2D eigenvalue weighted by atomic mass is 9.94. The van der Waals surface area contributed by atoms with Crippen molar-refractivity contribution in [2.45, 2.75) is 19.9 Å². The van der Waals surface area contributed by atoms with E-state index in [1.165, 1.54) is 0 Å². The van der Waals surface area contributed by atoms with E-state index >= 15 is 0 Å². The second-order valence-corrected chi connectivity index (χ2v) is 6.84. The molecule has 0 aromatic heterocycles. The lowest BCUT2D eigenvalue weighted by Crippen LogP contribution is -2.46. The van der Waals surface area contributed by atoms with E-state index in [0.29, 0.717) is 33.3 Å². The topological polar surface area (TPSA) is 67.9 Å². The monoisotopic (exact) mass is 410 g/mol. The maximum absolute atomic E-state index is 12.7. The van der Waals surface area contributed by atoms with Crippen molar-refractivity contribution in [3.05, 3.63) is 77.0 Å². The summed E-state index contributed by atoms with van der Waals surface area (Å²) in [6.07, 6.45) is 0. The predicted molar refractivity (Wildman–Crippen MR) is 113 cm³/mol. The first-order chi connectivity index (χ1) is 13.9. The molecule has 2 aromatic carbocycles. The van der Waals surface area contributed by atoms with Gasteiger partial charge in [0.1, 0.15) is 5.75 Å². The van der Waals surface area contributed by atoms with Crippen molar-refractivity contribution < 1.29 is 19.1 Å². The van der Waals surface area contributed by atoms with Gasteiger partial charge in [0.2, 0.25) is 0 Å². The van der Waals surface area contributed by atoms with E-state index < -0.39 is 18.0 Å². The van der Waals surface area contributed by atoms with Gasteiger partial charge in [-0.25, -0.2) is 9.59 Å². The summed E-state index contributed by atoms with van der Waals surface area (Å²) >= 11 is 5.42. The van der Waals surface area contributed by atoms with E-state index in [0.717, 1.165) is 0 Å². The van der Waals surface area contributed by atoms with Gasteiger partial charge in [-0.15, -0.1) is 0 Å². The van der Waals surface area contributed by atoms with Gasteiger partial charge in [0.05, 0.1) is 23.8 Å². The fourth-order valence-corrected chi connectivity index (χ4v) is 3.34. The number of benzene rings is 2. The van der Waals surface area contributed by atoms with Gasteiger partial charge in [0.25, 0.3) is 0 Å². The molecule has 0 aliphatic carbocycles. The Morgan fingerprint density at radius 3 is 2.41 bits per heavy atom. The van der Waals surface area contributed by atoms with Crippen LogP contribution in [0, 0.1) is 0 Å². The maximum Gasteiger partial charge on any atom is 0.343 e. The van der Waals surface area contributed by atoms with Crippen molar-refractivity contribution in [2.75, 3.05) is 13.7 Å². The van der Waals surface area contributed by atoms with Crippen LogP contribution in [0.25, 0.3) is 0 Å². The van der Waals surface area contributed by atoms with Crippen molar-refractivity contribution in [1.29, 1.82) is 0 Å². The Morgan fingerprint density at radius 2 is 1.72 bits per heavy atom. The molecule has 0 radical (unpaired) electrons. The van der Waals surface area contributed by atoms with Gasteiger partial charge < -0.3 is 19.7 Å². The summed E-state index contributed by atoms with van der Waals surface area (Å²) in [4.78, 5) is 27.0. The van der Waals surface area contributed by atoms with Crippen LogP contribution in [0.4, 0.5) is 0 Å². The number of carbonyl (C=O) groups excluding carboxylic acids is 2. The number of nitrogens with one attached hydrogen (secondary N) is 1. The number of hydrogen-bond acceptors (Lipinski definition) is 5. The van der Waals surface area contributed by atoms with Crippen LogP contribution in [0.5, 0.6) is 5.75 Å². The highest BCUT2D eigenvalue weighted by atomic mass is 32.1. The first-order valence-electron chi connectivity index (χ1n) is 9.22. The van der Waals surface area contributed by atoms with E-state index in [9.17, 15) is 9.59 Å². The number of hydrogen-bond donors (Lipinski definition) is 1. The molecule has 6 nitrogen and oxygen atoms in total. The molecule has 1 aliphatic rings. The van der Waals surface area contributed by atoms with E-state index in [4.69, 9.17) is 21.7 Å². The van der Waals surface area contributed by atoms with Gasteiger partial charge in [-0.1, -0.05) is 36.4 Å². The number of para-hydroxylation sites is 1. The number of nitrogens with zero attached hydrogens (tertiary/aromatic N) is 1. The van der Waals surface area contributed by atoms with Crippen molar-refractivity contribution in [2.24, 2.45) is 0 Å². The van der Waals surface area contributed by atoms with Crippen molar-refractivity contribution in [3.8, 4) is 5.75 Å². The summed E-state index contributed by atoms with van der Waals surface area (Å²) in [6, 6.07) is 15.2. The molecular weight excluding hydrogens is 388 g/mol. The minimum Gasteiger partial charge on any atom is -0.463 e. The summed E-state index contributed by atoms with van der Waals surface area (Å²) < 4.78 is 10.9. The molecule has 0 spiro atoms. The number of allylic oxidation sites excluding steroid dienone is 1. The number of rotatable bonds is 5. The van der Waals surface area contributed by atoms with Gasteiger partial charge in [-0.3, -0.25) is 0 Å². The fraction of sp³-hybridized carbons (Fsp3) is 0.227. The van der Waals surface area contributed by atoms with Crippen LogP contribution < -0.4 is 10.1 Å². The Labute approximate surface area is 175 Å². The van der Waals surface area contributed by atoms with Crippen LogP contribution in [0.3, 0.4) is 0 Å². The molecule has 0 amide bonds. The number of carbonyl (C=O) groups is 2. The van der Waals surface area contributed by atoms with Crippen molar-refractivity contribution >= 4 is 29.3 Å². The van der Waals surface area contributed by atoms with E-state index in [1.807, 2.05) is 19.1 Å². The molecule has 0 fully saturated rings. The molecule has 29 heavy (non-hydrogen) atoms. The van der Waals surface area contributed by atoms with E-state index in [1.54, 1.807) is 61.3 Å². The third-order valence-corrected chi connectivity index (χ3v) is 5.08. The zero-order chi connectivity index (χ0) is 21.0. The largest absolute Gasteiger partial charge is 0.463 e. The number of ether oxygens (including phenoxy) is 2. The molecule has 2 aromatic rings. The highest BCUT2D eigenvalue weighted by Crippen LogP contribution is 2.35. The molecule has 150 valence electrons. The fourth-order valence-electron chi connectivity index (χ4n) is 3.09. The second-order valence-electron chi connectivity index (χ2n) is 6.45. The van der Waals surface area contributed by atoms with Gasteiger partial charge in [0.15, 0.2) is 5.11 Å². The minimum atomic E-state index is -0.600. The normalized spacial score (nSPS) is 16.3. The lowest BCUT2D eigenvalue weighted by molar-refractivity contribution is -0.139. The molecular formula is C22H22N2O4S. The molecule has 1 heterocycles. The molecule has 1 unspecified atom stereocenters. The zero-order valence-corrected chi connectivity index (χ0v) is 17.3. The summed E-state index contributed by atoms with van der Waals surface area (Å²) in [5.74, 6) is -0.575. The standard InChI is InChI=1S/C22H22N2O4S/c1-4-27-21(26)18-14(2)24(3)22(29)23-19(18)16-12-8-9-13-17(16)28-20(25)15-10-6-5-7-11-15/h5-13,19H,4H2,1-3H3,(H,23,29). The highest BCUT2D eigenvalue weighted by Gasteiger charge is 2.35. The van der Waals surface area contributed by atoms with E-state index in [2.05, 4.69) is 5.32 Å². The first-order valence-corrected chi connectivity index (χ1v) is 9.63. The summed E-state index contributed by atoms with van der Waals surface area (Å²) in [5.41, 5.74) is 2.16. The SMILES string of the molecule is CCOC(=O)C1=C(C)N(C)C(=S)NC1c1ccccc1OC(=O)c1ccccc1. The Hall–Kier alpha value is -3.19. The van der Waals surface area contributed by atoms with E-state index in [-0.39, 0.29) is 6.61 Å². The van der Waals surface area contributed by atoms with Gasteiger partial charge in [0, 0.05) is 18.3 Å². The Kier molecular flexibility index (Phi) is 6.29. The predicted octanol–water partition coefficient (Wildman–Crippen LogP) is 3.60. The third kappa shape index (κ3) is 4.30. The summed E-state index contributed by atoms with van der Waals surface area (Å²) in [5, 5.41) is 3.63.